The fraction of sp³-hybridized carbons (Fsp3) is 0.200. The number of nitro groups is 1. The highest BCUT2D eigenvalue weighted by atomic mass is 79.9. The SMILES string of the molecule is Cc1ccc(OCc2ccc(Br)c([N+](=O)[O-])c2)cc1C. The predicted molar refractivity (Wildman–Crippen MR) is 81.0 cm³/mol. The zero-order valence-electron chi connectivity index (χ0n) is 11.2. The van der Waals surface area contributed by atoms with Crippen LogP contribution in [0.4, 0.5) is 5.69 Å². The van der Waals surface area contributed by atoms with Gasteiger partial charge in [0.25, 0.3) is 5.69 Å². The minimum absolute atomic E-state index is 0.0474. The summed E-state index contributed by atoms with van der Waals surface area (Å²) in [5.74, 6) is 0.763. The number of nitro benzene ring substituents is 1. The number of ether oxygens (including phenoxy) is 1. The molecule has 0 aliphatic carbocycles. The molecule has 2 rings (SSSR count). The van der Waals surface area contributed by atoms with Crippen molar-refractivity contribution >= 4 is 21.6 Å². The van der Waals surface area contributed by atoms with Crippen LogP contribution in [-0.4, -0.2) is 4.92 Å². The molecule has 4 nitrogen and oxygen atoms in total. The molecule has 5 heteroatoms. The minimum Gasteiger partial charge on any atom is -0.489 e. The van der Waals surface area contributed by atoms with Gasteiger partial charge in [-0.3, -0.25) is 10.1 Å². The van der Waals surface area contributed by atoms with Crippen molar-refractivity contribution in [2.75, 3.05) is 0 Å². The topological polar surface area (TPSA) is 52.4 Å². The maximum absolute atomic E-state index is 10.9. The molecule has 0 radical (unpaired) electrons. The van der Waals surface area contributed by atoms with Crippen molar-refractivity contribution in [1.29, 1.82) is 0 Å². The molecule has 0 saturated carbocycles. The summed E-state index contributed by atoms with van der Waals surface area (Å²) in [7, 11) is 0. The average molecular weight is 336 g/mol. The van der Waals surface area contributed by atoms with E-state index in [1.165, 1.54) is 11.6 Å². The molecule has 0 aromatic heterocycles. The van der Waals surface area contributed by atoms with Crippen LogP contribution in [0, 0.1) is 24.0 Å². The Morgan fingerprint density at radius 1 is 1.15 bits per heavy atom. The van der Waals surface area contributed by atoms with E-state index in [0.29, 0.717) is 11.1 Å². The van der Waals surface area contributed by atoms with Crippen LogP contribution < -0.4 is 4.74 Å². The Bertz CT molecular complexity index is 656. The van der Waals surface area contributed by atoms with E-state index in [9.17, 15) is 10.1 Å². The molecular weight excluding hydrogens is 322 g/mol. The predicted octanol–water partition coefficient (Wildman–Crippen LogP) is 4.55. The van der Waals surface area contributed by atoms with Crippen molar-refractivity contribution in [1.82, 2.24) is 0 Å². The normalized spacial score (nSPS) is 10.3. The summed E-state index contributed by atoms with van der Waals surface area (Å²) in [5, 5.41) is 10.9. The molecule has 0 saturated heterocycles. The van der Waals surface area contributed by atoms with Gasteiger partial charge in [-0.15, -0.1) is 0 Å². The Kier molecular flexibility index (Phi) is 4.39. The molecule has 2 aromatic carbocycles. The highest BCUT2D eigenvalue weighted by Crippen LogP contribution is 2.26. The van der Waals surface area contributed by atoms with Crippen LogP contribution in [0.1, 0.15) is 16.7 Å². The average Bonchev–Trinajstić information content (AvgIpc) is 2.41. The lowest BCUT2D eigenvalue weighted by Gasteiger charge is -2.08. The van der Waals surface area contributed by atoms with Gasteiger partial charge in [0.1, 0.15) is 12.4 Å². The first-order chi connectivity index (χ1) is 9.47. The highest BCUT2D eigenvalue weighted by Gasteiger charge is 2.12. The summed E-state index contributed by atoms with van der Waals surface area (Å²) in [5.41, 5.74) is 3.17. The standard InChI is InChI=1S/C15H14BrNO3/c1-10-3-5-13(7-11(10)2)20-9-12-4-6-14(16)15(8-12)17(18)19/h3-8H,9H2,1-2H3. The first-order valence-electron chi connectivity index (χ1n) is 6.10. The lowest BCUT2D eigenvalue weighted by molar-refractivity contribution is -0.385. The maximum atomic E-state index is 10.9. The first-order valence-corrected chi connectivity index (χ1v) is 6.89. The zero-order valence-corrected chi connectivity index (χ0v) is 12.8. The molecule has 0 amide bonds. The van der Waals surface area contributed by atoms with Crippen LogP contribution in [0.15, 0.2) is 40.9 Å². The van der Waals surface area contributed by atoms with Gasteiger partial charge in [-0.2, -0.15) is 0 Å². The summed E-state index contributed by atoms with van der Waals surface area (Å²) in [6.07, 6.45) is 0. The largest absolute Gasteiger partial charge is 0.489 e. The molecule has 0 bridgehead atoms. The molecule has 104 valence electrons. The second kappa shape index (κ2) is 6.05. The third-order valence-corrected chi connectivity index (χ3v) is 3.76. The van der Waals surface area contributed by atoms with Crippen molar-refractivity contribution in [2.24, 2.45) is 0 Å². The monoisotopic (exact) mass is 335 g/mol. The minimum atomic E-state index is -0.413. The molecule has 0 N–H and O–H groups in total. The van der Waals surface area contributed by atoms with Gasteiger partial charge in [0, 0.05) is 6.07 Å². The van der Waals surface area contributed by atoms with Crippen molar-refractivity contribution in [2.45, 2.75) is 20.5 Å². The summed E-state index contributed by atoms with van der Waals surface area (Å²) in [6, 6.07) is 10.8. The van der Waals surface area contributed by atoms with Crippen LogP contribution in [-0.2, 0) is 6.61 Å². The second-order valence-electron chi connectivity index (χ2n) is 4.58. The zero-order chi connectivity index (χ0) is 14.7. The number of hydrogen-bond acceptors (Lipinski definition) is 3. The van der Waals surface area contributed by atoms with Crippen molar-refractivity contribution in [3.8, 4) is 5.75 Å². The Morgan fingerprint density at radius 3 is 2.55 bits per heavy atom. The maximum Gasteiger partial charge on any atom is 0.283 e. The molecule has 0 aliphatic rings. The Balaban J connectivity index is 2.12. The molecular formula is C15H14BrNO3. The van der Waals surface area contributed by atoms with E-state index in [1.807, 2.05) is 32.0 Å². The molecule has 2 aromatic rings. The lowest BCUT2D eigenvalue weighted by Crippen LogP contribution is -1.98. The van der Waals surface area contributed by atoms with Gasteiger partial charge in [-0.1, -0.05) is 12.1 Å². The number of halogens is 1. The van der Waals surface area contributed by atoms with E-state index in [2.05, 4.69) is 15.9 Å². The van der Waals surface area contributed by atoms with Crippen molar-refractivity contribution in [3.63, 3.8) is 0 Å². The van der Waals surface area contributed by atoms with Gasteiger partial charge in [-0.25, -0.2) is 0 Å². The molecule has 0 heterocycles. The second-order valence-corrected chi connectivity index (χ2v) is 5.43. The van der Waals surface area contributed by atoms with Gasteiger partial charge in [0.05, 0.1) is 9.40 Å². The number of aryl methyl sites for hydroxylation is 2. The molecule has 0 unspecified atom stereocenters. The third kappa shape index (κ3) is 3.36. The smallest absolute Gasteiger partial charge is 0.283 e. The van der Waals surface area contributed by atoms with Crippen LogP contribution in [0.3, 0.4) is 0 Å². The van der Waals surface area contributed by atoms with Crippen molar-refractivity contribution < 1.29 is 9.66 Å². The van der Waals surface area contributed by atoms with Gasteiger partial charge in [-0.05, 0) is 64.7 Å². The molecule has 0 fully saturated rings. The number of rotatable bonds is 4. The number of nitrogens with zero attached hydrogens (tertiary/aromatic N) is 1. The molecule has 0 aliphatic heterocycles. The highest BCUT2D eigenvalue weighted by molar-refractivity contribution is 9.10. The van der Waals surface area contributed by atoms with E-state index in [4.69, 9.17) is 4.74 Å². The Morgan fingerprint density at radius 2 is 1.90 bits per heavy atom. The summed E-state index contributed by atoms with van der Waals surface area (Å²) in [6.45, 7) is 4.36. The lowest BCUT2D eigenvalue weighted by atomic mass is 10.1. The Labute approximate surface area is 125 Å². The van der Waals surface area contributed by atoms with E-state index in [1.54, 1.807) is 12.1 Å². The van der Waals surface area contributed by atoms with E-state index in [0.717, 1.165) is 16.9 Å². The van der Waals surface area contributed by atoms with Gasteiger partial charge in [0.15, 0.2) is 0 Å². The Hall–Kier alpha value is -1.88. The molecule has 20 heavy (non-hydrogen) atoms. The van der Waals surface area contributed by atoms with E-state index >= 15 is 0 Å². The van der Waals surface area contributed by atoms with Gasteiger partial charge >= 0.3 is 0 Å². The van der Waals surface area contributed by atoms with Crippen LogP contribution >= 0.6 is 15.9 Å². The van der Waals surface area contributed by atoms with Crippen LogP contribution in [0.25, 0.3) is 0 Å². The summed E-state index contributed by atoms with van der Waals surface area (Å²) >= 11 is 3.16. The number of benzene rings is 2. The first kappa shape index (κ1) is 14.5. The van der Waals surface area contributed by atoms with Gasteiger partial charge in [0.2, 0.25) is 0 Å². The van der Waals surface area contributed by atoms with Gasteiger partial charge < -0.3 is 4.74 Å². The van der Waals surface area contributed by atoms with Crippen LogP contribution in [0.2, 0.25) is 0 Å². The van der Waals surface area contributed by atoms with Crippen molar-refractivity contribution in [3.05, 3.63) is 67.7 Å². The fourth-order valence-corrected chi connectivity index (χ4v) is 2.15. The number of hydrogen-bond donors (Lipinski definition) is 0. The third-order valence-electron chi connectivity index (χ3n) is 3.09. The quantitative estimate of drug-likeness (QED) is 0.608. The van der Waals surface area contributed by atoms with Crippen LogP contribution in [0.5, 0.6) is 5.75 Å². The molecule has 0 atom stereocenters. The van der Waals surface area contributed by atoms with E-state index < -0.39 is 4.92 Å². The summed E-state index contributed by atoms with van der Waals surface area (Å²) in [4.78, 5) is 10.5. The fourth-order valence-electron chi connectivity index (χ4n) is 1.76. The summed E-state index contributed by atoms with van der Waals surface area (Å²) < 4.78 is 6.13. The van der Waals surface area contributed by atoms with E-state index in [-0.39, 0.29) is 5.69 Å². The molecule has 0 spiro atoms.